The largest absolute Gasteiger partial charge is 0.465 e. The minimum atomic E-state index is -5.66. The SMILES string of the molecule is COC(=O)c1c(NC(=S)Nc2c(F)c(F)c(C(F)(F)F)c(F)c2F)sc(C)c1C. The zero-order valence-corrected chi connectivity index (χ0v) is 16.4. The number of thiocarbonyl (C=S) groups is 1. The molecule has 0 amide bonds. The maximum atomic E-state index is 14.0. The van der Waals surface area contributed by atoms with Crippen LogP contribution in [0.1, 0.15) is 26.4 Å². The summed E-state index contributed by atoms with van der Waals surface area (Å²) in [5.41, 5.74) is -3.68. The Balaban J connectivity index is 2.41. The molecule has 29 heavy (non-hydrogen) atoms. The van der Waals surface area contributed by atoms with E-state index in [-0.39, 0.29) is 10.6 Å². The normalized spacial score (nSPS) is 11.4. The van der Waals surface area contributed by atoms with E-state index in [2.05, 4.69) is 10.1 Å². The predicted octanol–water partition coefficient (Wildman–Crippen LogP) is 5.54. The van der Waals surface area contributed by atoms with Crippen LogP contribution in [0.25, 0.3) is 0 Å². The van der Waals surface area contributed by atoms with E-state index in [9.17, 15) is 35.5 Å². The minimum Gasteiger partial charge on any atom is -0.465 e. The number of halogens is 7. The van der Waals surface area contributed by atoms with Crippen LogP contribution in [0.4, 0.5) is 41.4 Å². The van der Waals surface area contributed by atoms with Gasteiger partial charge in [0.1, 0.15) is 16.3 Å². The molecule has 0 aliphatic heterocycles. The Hall–Kier alpha value is -2.41. The van der Waals surface area contributed by atoms with Crippen molar-refractivity contribution in [3.05, 3.63) is 44.8 Å². The van der Waals surface area contributed by atoms with Crippen molar-refractivity contribution in [2.24, 2.45) is 0 Å². The topological polar surface area (TPSA) is 50.4 Å². The first kappa shape index (κ1) is 22.9. The third-order valence-electron chi connectivity index (χ3n) is 3.79. The van der Waals surface area contributed by atoms with Gasteiger partial charge in [-0.1, -0.05) is 0 Å². The number of anilines is 2. The first-order chi connectivity index (χ1) is 13.3. The van der Waals surface area contributed by atoms with E-state index in [4.69, 9.17) is 12.2 Å². The summed E-state index contributed by atoms with van der Waals surface area (Å²) in [7, 11) is 1.12. The molecule has 0 saturated heterocycles. The van der Waals surface area contributed by atoms with Gasteiger partial charge in [-0.25, -0.2) is 22.4 Å². The Kier molecular flexibility index (Phi) is 6.42. The van der Waals surface area contributed by atoms with Crippen LogP contribution in [0.2, 0.25) is 0 Å². The van der Waals surface area contributed by atoms with Gasteiger partial charge in [0.25, 0.3) is 0 Å². The number of rotatable bonds is 3. The molecule has 0 fully saturated rings. The predicted molar refractivity (Wildman–Crippen MR) is 96.3 cm³/mol. The fourth-order valence-corrected chi connectivity index (χ4v) is 3.62. The van der Waals surface area contributed by atoms with Gasteiger partial charge in [-0.3, -0.25) is 0 Å². The first-order valence-electron chi connectivity index (χ1n) is 7.50. The summed E-state index contributed by atoms with van der Waals surface area (Å²) in [6.45, 7) is 3.26. The molecule has 2 N–H and O–H groups in total. The fourth-order valence-electron chi connectivity index (χ4n) is 2.30. The molecule has 4 nitrogen and oxygen atoms in total. The van der Waals surface area contributed by atoms with E-state index in [1.54, 1.807) is 19.2 Å². The Morgan fingerprint density at radius 1 is 1.00 bits per heavy atom. The van der Waals surface area contributed by atoms with Gasteiger partial charge in [-0.2, -0.15) is 13.2 Å². The number of ether oxygens (including phenoxy) is 1. The lowest BCUT2D eigenvalue weighted by molar-refractivity contribution is -0.143. The lowest BCUT2D eigenvalue weighted by atomic mass is 10.1. The molecule has 0 radical (unpaired) electrons. The van der Waals surface area contributed by atoms with Gasteiger partial charge in [0.05, 0.1) is 12.7 Å². The molecule has 2 rings (SSSR count). The van der Waals surface area contributed by atoms with Gasteiger partial charge in [-0.05, 0) is 31.6 Å². The molecule has 0 atom stereocenters. The Morgan fingerprint density at radius 2 is 1.52 bits per heavy atom. The van der Waals surface area contributed by atoms with E-state index >= 15 is 0 Å². The second-order valence-electron chi connectivity index (χ2n) is 5.56. The molecule has 13 heteroatoms. The molecule has 0 unspecified atom stereocenters. The van der Waals surface area contributed by atoms with Crippen molar-refractivity contribution in [1.29, 1.82) is 0 Å². The molecule has 1 aromatic heterocycles. The number of carbonyl (C=O) groups excluding carboxylic acids is 1. The third-order valence-corrected chi connectivity index (χ3v) is 5.11. The number of hydrogen-bond acceptors (Lipinski definition) is 4. The van der Waals surface area contributed by atoms with Crippen LogP contribution in [-0.2, 0) is 10.9 Å². The van der Waals surface area contributed by atoms with E-state index in [0.717, 1.165) is 18.4 Å². The van der Waals surface area contributed by atoms with Crippen LogP contribution >= 0.6 is 23.6 Å². The van der Waals surface area contributed by atoms with Gasteiger partial charge >= 0.3 is 12.1 Å². The maximum Gasteiger partial charge on any atom is 0.422 e. The van der Waals surface area contributed by atoms with Gasteiger partial charge in [0.15, 0.2) is 28.4 Å². The second kappa shape index (κ2) is 8.14. The van der Waals surface area contributed by atoms with E-state index in [0.29, 0.717) is 10.4 Å². The fraction of sp³-hybridized carbons (Fsp3) is 0.250. The van der Waals surface area contributed by atoms with Crippen molar-refractivity contribution in [3.63, 3.8) is 0 Å². The monoisotopic (exact) mass is 460 g/mol. The number of hydrogen-bond donors (Lipinski definition) is 2. The van der Waals surface area contributed by atoms with Crippen molar-refractivity contribution in [2.75, 3.05) is 17.7 Å². The number of benzene rings is 1. The van der Waals surface area contributed by atoms with Gasteiger partial charge in [-0.15, -0.1) is 11.3 Å². The van der Waals surface area contributed by atoms with Crippen molar-refractivity contribution >= 4 is 45.3 Å². The highest BCUT2D eigenvalue weighted by Crippen LogP contribution is 2.39. The molecule has 0 spiro atoms. The third kappa shape index (κ3) is 4.29. The average molecular weight is 460 g/mol. The highest BCUT2D eigenvalue weighted by atomic mass is 32.1. The van der Waals surface area contributed by atoms with Crippen molar-refractivity contribution < 1.29 is 40.3 Å². The zero-order chi connectivity index (χ0) is 22.3. The summed E-state index contributed by atoms with van der Waals surface area (Å²) in [6, 6.07) is 0. The molecular weight excluding hydrogens is 449 g/mol. The number of esters is 1. The lowest BCUT2D eigenvalue weighted by Crippen LogP contribution is -2.24. The number of aryl methyl sites for hydroxylation is 1. The highest BCUT2D eigenvalue weighted by Gasteiger charge is 2.42. The number of carbonyl (C=O) groups is 1. The van der Waals surface area contributed by atoms with Crippen LogP contribution in [0.15, 0.2) is 0 Å². The summed E-state index contributed by atoms with van der Waals surface area (Å²) < 4.78 is 97.8. The van der Waals surface area contributed by atoms with Crippen LogP contribution in [-0.4, -0.2) is 18.2 Å². The molecule has 1 heterocycles. The Morgan fingerprint density at radius 3 is 1.97 bits per heavy atom. The molecule has 0 aliphatic rings. The van der Waals surface area contributed by atoms with E-state index < -0.39 is 51.8 Å². The van der Waals surface area contributed by atoms with Gasteiger partial charge in [0.2, 0.25) is 0 Å². The van der Waals surface area contributed by atoms with Crippen LogP contribution in [0.3, 0.4) is 0 Å². The van der Waals surface area contributed by atoms with Gasteiger partial charge in [0, 0.05) is 4.88 Å². The van der Waals surface area contributed by atoms with E-state index in [1.807, 2.05) is 0 Å². The smallest absolute Gasteiger partial charge is 0.422 e. The van der Waals surface area contributed by atoms with Crippen molar-refractivity contribution in [2.45, 2.75) is 20.0 Å². The number of nitrogens with one attached hydrogen (secondary N) is 2. The first-order valence-corrected chi connectivity index (χ1v) is 8.73. The summed E-state index contributed by atoms with van der Waals surface area (Å²) in [4.78, 5) is 12.6. The molecule has 1 aromatic carbocycles. The lowest BCUT2D eigenvalue weighted by Gasteiger charge is -2.16. The highest BCUT2D eigenvalue weighted by molar-refractivity contribution is 7.80. The van der Waals surface area contributed by atoms with Crippen molar-refractivity contribution in [1.82, 2.24) is 0 Å². The van der Waals surface area contributed by atoms with E-state index in [1.165, 1.54) is 0 Å². The molecule has 0 bridgehead atoms. The summed E-state index contributed by atoms with van der Waals surface area (Å²) in [5.74, 6) is -10.6. The number of alkyl halides is 3. The standard InChI is InChI=1S/C16H11F7N2O2S2/c1-4-5(2)29-13(6(4)14(26)27-3)25-15(28)24-12-10(19)8(17)7(16(21,22)23)9(18)11(12)20/h1-3H3,(H2,24,25,28). The average Bonchev–Trinajstić information content (AvgIpc) is 2.89. The zero-order valence-electron chi connectivity index (χ0n) is 14.8. The number of methoxy groups -OCH3 is 1. The van der Waals surface area contributed by atoms with Crippen LogP contribution in [0.5, 0.6) is 0 Å². The van der Waals surface area contributed by atoms with Gasteiger partial charge < -0.3 is 15.4 Å². The van der Waals surface area contributed by atoms with Crippen LogP contribution < -0.4 is 10.6 Å². The Labute approximate surface area is 168 Å². The second-order valence-corrected chi connectivity index (χ2v) is 7.19. The maximum absolute atomic E-state index is 14.0. The molecule has 0 saturated carbocycles. The summed E-state index contributed by atoms with van der Waals surface area (Å²) >= 11 is 5.82. The Bertz CT molecular complexity index is 973. The molecule has 0 aliphatic carbocycles. The summed E-state index contributed by atoms with van der Waals surface area (Å²) in [5, 5.41) is 3.65. The summed E-state index contributed by atoms with van der Waals surface area (Å²) in [6.07, 6.45) is -5.66. The molecule has 2 aromatic rings. The van der Waals surface area contributed by atoms with Crippen LogP contribution in [0, 0.1) is 37.1 Å². The molecular formula is C16H11F7N2O2S2. The van der Waals surface area contributed by atoms with Crippen molar-refractivity contribution in [3.8, 4) is 0 Å². The number of thiophene rings is 1. The minimum absolute atomic E-state index is 0.0601. The quantitative estimate of drug-likeness (QED) is 0.273. The molecule has 158 valence electrons.